The van der Waals surface area contributed by atoms with E-state index < -0.39 is 0 Å². The minimum absolute atomic E-state index is 0.0327. The van der Waals surface area contributed by atoms with Crippen LogP contribution in [0.2, 0.25) is 0 Å². The minimum atomic E-state index is -0.209. The average Bonchev–Trinajstić information content (AvgIpc) is 2.27. The molecule has 0 saturated carbocycles. The molecule has 1 aromatic carbocycles. The lowest BCUT2D eigenvalue weighted by Crippen LogP contribution is -2.49. The zero-order valence-corrected chi connectivity index (χ0v) is 11.9. The molecule has 18 heavy (non-hydrogen) atoms. The fraction of sp³-hybridized carbons (Fsp3) is 0.533. The molecular formula is C15H24N2O. The van der Waals surface area contributed by atoms with Crippen LogP contribution in [0.1, 0.15) is 46.2 Å². The molecule has 0 aromatic heterocycles. The molecule has 2 N–H and O–H groups in total. The van der Waals surface area contributed by atoms with E-state index in [1.54, 1.807) is 0 Å². The Morgan fingerprint density at radius 3 is 2.17 bits per heavy atom. The van der Waals surface area contributed by atoms with E-state index >= 15 is 0 Å². The molecule has 2 atom stereocenters. The summed E-state index contributed by atoms with van der Waals surface area (Å²) in [7, 11) is 0. The van der Waals surface area contributed by atoms with Crippen molar-refractivity contribution in [3.8, 4) is 0 Å². The van der Waals surface area contributed by atoms with Gasteiger partial charge in [-0.05, 0) is 40.2 Å². The van der Waals surface area contributed by atoms with E-state index in [-0.39, 0.29) is 23.5 Å². The van der Waals surface area contributed by atoms with Crippen molar-refractivity contribution in [2.45, 2.75) is 52.2 Å². The summed E-state index contributed by atoms with van der Waals surface area (Å²) in [6, 6.07) is 10.1. The number of benzene rings is 1. The first-order chi connectivity index (χ1) is 8.29. The fourth-order valence-corrected chi connectivity index (χ4v) is 1.77. The second kappa shape index (κ2) is 6.01. The van der Waals surface area contributed by atoms with Crippen molar-refractivity contribution in [2.24, 2.45) is 0 Å². The van der Waals surface area contributed by atoms with Gasteiger partial charge in [0, 0.05) is 11.6 Å². The van der Waals surface area contributed by atoms with E-state index in [0.717, 1.165) is 0 Å². The highest BCUT2D eigenvalue weighted by molar-refractivity contribution is 5.81. The van der Waals surface area contributed by atoms with Crippen molar-refractivity contribution in [3.63, 3.8) is 0 Å². The highest BCUT2D eigenvalue weighted by Gasteiger charge is 2.20. The molecule has 0 bridgehead atoms. The zero-order chi connectivity index (χ0) is 13.8. The molecule has 1 rings (SSSR count). The fourth-order valence-electron chi connectivity index (χ4n) is 1.77. The highest BCUT2D eigenvalue weighted by Crippen LogP contribution is 2.12. The molecule has 0 aliphatic rings. The first-order valence-corrected chi connectivity index (χ1v) is 6.42. The smallest absolute Gasteiger partial charge is 0.237 e. The molecule has 0 aliphatic carbocycles. The molecule has 0 fully saturated rings. The van der Waals surface area contributed by atoms with Gasteiger partial charge in [0.05, 0.1) is 6.04 Å². The van der Waals surface area contributed by atoms with Gasteiger partial charge in [0.15, 0.2) is 0 Å². The number of hydrogen-bond acceptors (Lipinski definition) is 2. The van der Waals surface area contributed by atoms with Gasteiger partial charge in [0.25, 0.3) is 0 Å². The normalized spacial score (nSPS) is 14.9. The first kappa shape index (κ1) is 14.7. The van der Waals surface area contributed by atoms with Crippen molar-refractivity contribution in [3.05, 3.63) is 35.9 Å². The van der Waals surface area contributed by atoms with Crippen LogP contribution in [-0.2, 0) is 4.79 Å². The van der Waals surface area contributed by atoms with Crippen LogP contribution in [0.5, 0.6) is 0 Å². The Balaban J connectivity index is 2.55. The van der Waals surface area contributed by atoms with Crippen LogP contribution >= 0.6 is 0 Å². The summed E-state index contributed by atoms with van der Waals surface area (Å²) in [6.07, 6.45) is 0. The van der Waals surface area contributed by atoms with Crippen LogP contribution in [0, 0.1) is 0 Å². The van der Waals surface area contributed by atoms with Gasteiger partial charge in [-0.25, -0.2) is 0 Å². The molecule has 0 radical (unpaired) electrons. The summed E-state index contributed by atoms with van der Waals surface area (Å²) >= 11 is 0. The van der Waals surface area contributed by atoms with Crippen molar-refractivity contribution in [1.82, 2.24) is 10.6 Å². The molecule has 0 saturated heterocycles. The molecule has 0 heterocycles. The minimum Gasteiger partial charge on any atom is -0.350 e. The third kappa shape index (κ3) is 4.88. The first-order valence-electron chi connectivity index (χ1n) is 6.42. The third-order valence-electron chi connectivity index (χ3n) is 2.69. The second-order valence-corrected chi connectivity index (χ2v) is 5.76. The second-order valence-electron chi connectivity index (χ2n) is 5.76. The van der Waals surface area contributed by atoms with Crippen LogP contribution in [0.4, 0.5) is 0 Å². The van der Waals surface area contributed by atoms with Crippen molar-refractivity contribution < 1.29 is 4.79 Å². The van der Waals surface area contributed by atoms with Gasteiger partial charge in [-0.1, -0.05) is 30.3 Å². The van der Waals surface area contributed by atoms with E-state index in [0.29, 0.717) is 0 Å². The van der Waals surface area contributed by atoms with Gasteiger partial charge < -0.3 is 5.32 Å². The average molecular weight is 248 g/mol. The lowest BCUT2D eigenvalue weighted by atomic mass is 10.1. The van der Waals surface area contributed by atoms with E-state index in [9.17, 15) is 4.79 Å². The quantitative estimate of drug-likeness (QED) is 0.860. The maximum atomic E-state index is 12.0. The highest BCUT2D eigenvalue weighted by atomic mass is 16.2. The Kier molecular flexibility index (Phi) is 4.91. The van der Waals surface area contributed by atoms with Gasteiger partial charge in [0.1, 0.15) is 0 Å². The lowest BCUT2D eigenvalue weighted by molar-refractivity contribution is -0.124. The number of carbonyl (C=O) groups is 1. The number of rotatable bonds is 4. The maximum absolute atomic E-state index is 12.0. The number of amides is 1. The molecule has 3 heteroatoms. The topological polar surface area (TPSA) is 41.1 Å². The summed E-state index contributed by atoms with van der Waals surface area (Å²) in [4.78, 5) is 12.0. The predicted molar refractivity (Wildman–Crippen MR) is 75.4 cm³/mol. The zero-order valence-electron chi connectivity index (χ0n) is 11.9. The number of carbonyl (C=O) groups excluding carboxylic acids is 1. The van der Waals surface area contributed by atoms with Gasteiger partial charge >= 0.3 is 0 Å². The molecule has 1 aromatic rings. The van der Waals surface area contributed by atoms with E-state index in [2.05, 4.69) is 29.7 Å². The number of nitrogens with one attached hydrogen (secondary N) is 2. The summed E-state index contributed by atoms with van der Waals surface area (Å²) in [5, 5.41) is 6.28. The summed E-state index contributed by atoms with van der Waals surface area (Å²) in [5.74, 6) is 0.0327. The van der Waals surface area contributed by atoms with Crippen LogP contribution in [0.15, 0.2) is 30.3 Å². The SMILES string of the molecule is CC(NC(C)c1ccccc1)C(=O)NC(C)(C)C. The van der Waals surface area contributed by atoms with Crippen molar-refractivity contribution in [1.29, 1.82) is 0 Å². The van der Waals surface area contributed by atoms with Crippen molar-refractivity contribution in [2.75, 3.05) is 0 Å². The molecular weight excluding hydrogens is 224 g/mol. The van der Waals surface area contributed by atoms with Crippen LogP contribution in [0.3, 0.4) is 0 Å². The number of hydrogen-bond donors (Lipinski definition) is 2. The van der Waals surface area contributed by atoms with E-state index in [4.69, 9.17) is 0 Å². The third-order valence-corrected chi connectivity index (χ3v) is 2.69. The largest absolute Gasteiger partial charge is 0.350 e. The lowest BCUT2D eigenvalue weighted by Gasteiger charge is -2.25. The monoisotopic (exact) mass is 248 g/mol. The Hall–Kier alpha value is -1.35. The van der Waals surface area contributed by atoms with Gasteiger partial charge in [-0.2, -0.15) is 0 Å². The summed E-state index contributed by atoms with van der Waals surface area (Å²) in [5.41, 5.74) is 0.996. The Labute approximate surface area is 110 Å². The predicted octanol–water partition coefficient (Wildman–Crippen LogP) is 2.64. The van der Waals surface area contributed by atoms with Crippen LogP contribution in [-0.4, -0.2) is 17.5 Å². The maximum Gasteiger partial charge on any atom is 0.237 e. The molecule has 1 amide bonds. The van der Waals surface area contributed by atoms with Crippen LogP contribution in [0.25, 0.3) is 0 Å². The van der Waals surface area contributed by atoms with Gasteiger partial charge in [-0.15, -0.1) is 0 Å². The summed E-state index contributed by atoms with van der Waals surface area (Å²) < 4.78 is 0. The van der Waals surface area contributed by atoms with E-state index in [1.165, 1.54) is 5.56 Å². The standard InChI is InChI=1S/C15H24N2O/c1-11(13-9-7-6-8-10-13)16-12(2)14(18)17-15(3,4)5/h6-12,16H,1-5H3,(H,17,18). The Morgan fingerprint density at radius 2 is 1.67 bits per heavy atom. The van der Waals surface area contributed by atoms with Crippen LogP contribution < -0.4 is 10.6 Å². The van der Waals surface area contributed by atoms with Gasteiger partial charge in [-0.3, -0.25) is 10.1 Å². The van der Waals surface area contributed by atoms with Crippen molar-refractivity contribution >= 4 is 5.91 Å². The Morgan fingerprint density at radius 1 is 1.11 bits per heavy atom. The molecule has 2 unspecified atom stereocenters. The molecule has 0 spiro atoms. The molecule has 3 nitrogen and oxygen atoms in total. The summed E-state index contributed by atoms with van der Waals surface area (Å²) in [6.45, 7) is 9.91. The molecule has 0 aliphatic heterocycles. The Bertz CT molecular complexity index is 381. The van der Waals surface area contributed by atoms with E-state index in [1.807, 2.05) is 45.9 Å². The van der Waals surface area contributed by atoms with Gasteiger partial charge in [0.2, 0.25) is 5.91 Å². The molecule has 100 valence electrons.